The molecule has 6 rings (SSSR count). The second-order valence-corrected chi connectivity index (χ2v) is 9.36. The molecule has 1 saturated heterocycles. The van der Waals surface area contributed by atoms with Gasteiger partial charge < -0.3 is 15.3 Å². The molecule has 11 heteroatoms. The lowest BCUT2D eigenvalue weighted by atomic mass is 10.2. The van der Waals surface area contributed by atoms with E-state index in [0.717, 1.165) is 41.4 Å². The average molecular weight is 496 g/mol. The van der Waals surface area contributed by atoms with E-state index >= 15 is 0 Å². The van der Waals surface area contributed by atoms with Crippen molar-refractivity contribution in [2.75, 3.05) is 19.6 Å². The molecule has 3 N–H and O–H groups in total. The van der Waals surface area contributed by atoms with Crippen molar-refractivity contribution in [1.29, 1.82) is 0 Å². The van der Waals surface area contributed by atoms with E-state index in [1.807, 2.05) is 6.07 Å². The zero-order valence-corrected chi connectivity index (χ0v) is 19.7. The standard InChI is InChI=1S/C24H23ClFN7O2/c1-31-20-15-8-19(13-9-29-32(11-13)12-14-4-3-7-27-14)30-22(15)28-10-16(20)23(34)33(24(31)35)21-17(25)5-2-6-18(21)26/h2,5-6,8,10-11,14,27,29H,3-4,7,9,12H2,1H3,(H,28,30). The maximum absolute atomic E-state index is 14.6. The number of hydrogen-bond donors (Lipinski definition) is 3. The number of aryl methyl sites for hydroxylation is 1. The summed E-state index contributed by atoms with van der Waals surface area (Å²) < 4.78 is 16.7. The van der Waals surface area contributed by atoms with Gasteiger partial charge >= 0.3 is 5.69 Å². The highest BCUT2D eigenvalue weighted by molar-refractivity contribution is 6.32. The second kappa shape index (κ2) is 8.33. The summed E-state index contributed by atoms with van der Waals surface area (Å²) in [4.78, 5) is 34.4. The first-order chi connectivity index (χ1) is 16.9. The van der Waals surface area contributed by atoms with Gasteiger partial charge in [0.1, 0.15) is 17.2 Å². The highest BCUT2D eigenvalue weighted by Gasteiger charge is 2.23. The number of hydrogen-bond acceptors (Lipinski definition) is 6. The lowest BCUT2D eigenvalue weighted by Crippen LogP contribution is -2.39. The Morgan fingerprint density at radius 1 is 1.26 bits per heavy atom. The Bertz CT molecular complexity index is 1610. The van der Waals surface area contributed by atoms with Crippen molar-refractivity contribution in [2.24, 2.45) is 7.05 Å². The maximum atomic E-state index is 14.6. The van der Waals surface area contributed by atoms with E-state index in [-0.39, 0.29) is 16.1 Å². The summed E-state index contributed by atoms with van der Waals surface area (Å²) in [7, 11) is 1.55. The number of nitrogens with one attached hydrogen (secondary N) is 3. The molecule has 0 spiro atoms. The molecule has 1 atom stereocenters. The summed E-state index contributed by atoms with van der Waals surface area (Å²) in [6.45, 7) is 2.58. The normalized spacial score (nSPS) is 18.2. The van der Waals surface area contributed by atoms with Crippen molar-refractivity contribution >= 4 is 39.1 Å². The first-order valence-corrected chi connectivity index (χ1v) is 11.8. The fourth-order valence-corrected chi connectivity index (χ4v) is 5.25. The van der Waals surface area contributed by atoms with Gasteiger partial charge in [-0.15, -0.1) is 0 Å². The summed E-state index contributed by atoms with van der Waals surface area (Å²) in [6, 6.07) is 6.38. The molecule has 3 aromatic heterocycles. The molecule has 1 unspecified atom stereocenters. The molecular formula is C24H23ClFN7O2. The predicted molar refractivity (Wildman–Crippen MR) is 133 cm³/mol. The van der Waals surface area contributed by atoms with Crippen LogP contribution in [-0.2, 0) is 7.05 Å². The molecule has 0 saturated carbocycles. The van der Waals surface area contributed by atoms with Gasteiger partial charge in [-0.05, 0) is 37.6 Å². The van der Waals surface area contributed by atoms with E-state index in [1.165, 1.54) is 29.3 Å². The van der Waals surface area contributed by atoms with Crippen molar-refractivity contribution in [3.05, 3.63) is 74.0 Å². The smallest absolute Gasteiger partial charge is 0.336 e. The number of para-hydroxylation sites is 1. The third kappa shape index (κ3) is 3.56. The number of hydrazine groups is 1. The van der Waals surface area contributed by atoms with Crippen molar-refractivity contribution in [3.63, 3.8) is 0 Å². The Morgan fingerprint density at radius 3 is 2.89 bits per heavy atom. The van der Waals surface area contributed by atoms with Crippen LogP contribution in [0.4, 0.5) is 4.39 Å². The van der Waals surface area contributed by atoms with E-state index in [1.54, 1.807) is 7.05 Å². The number of benzene rings is 1. The summed E-state index contributed by atoms with van der Waals surface area (Å²) in [6.07, 6.45) is 5.83. The van der Waals surface area contributed by atoms with Gasteiger partial charge in [-0.1, -0.05) is 17.7 Å². The first-order valence-electron chi connectivity index (χ1n) is 11.4. The lowest BCUT2D eigenvalue weighted by molar-refractivity contribution is 0.277. The van der Waals surface area contributed by atoms with Crippen molar-refractivity contribution in [3.8, 4) is 5.69 Å². The topological polar surface area (TPSA) is 100.0 Å². The molecule has 2 aliphatic rings. The molecule has 0 bridgehead atoms. The van der Waals surface area contributed by atoms with Crippen LogP contribution in [0.25, 0.3) is 33.2 Å². The number of rotatable bonds is 4. The van der Waals surface area contributed by atoms with Crippen LogP contribution in [-0.4, -0.2) is 49.8 Å². The third-order valence-electron chi connectivity index (χ3n) is 6.75. The van der Waals surface area contributed by atoms with E-state index < -0.39 is 17.1 Å². The molecule has 9 nitrogen and oxygen atoms in total. The molecule has 4 aromatic rings. The minimum Gasteiger partial charge on any atom is -0.339 e. The van der Waals surface area contributed by atoms with Crippen molar-refractivity contribution in [1.82, 2.24) is 34.9 Å². The Hall–Kier alpha value is -3.47. The van der Waals surface area contributed by atoms with Crippen LogP contribution >= 0.6 is 11.6 Å². The van der Waals surface area contributed by atoms with Gasteiger partial charge in [-0.25, -0.2) is 24.2 Å². The number of aromatic amines is 1. The van der Waals surface area contributed by atoms with Gasteiger partial charge in [0, 0.05) is 55.2 Å². The number of fused-ring (bicyclic) bond motifs is 3. The van der Waals surface area contributed by atoms with Crippen LogP contribution in [0.1, 0.15) is 18.5 Å². The Kier molecular flexibility index (Phi) is 5.24. The van der Waals surface area contributed by atoms with Gasteiger partial charge in [-0.2, -0.15) is 0 Å². The highest BCUT2D eigenvalue weighted by atomic mass is 35.5. The number of pyridine rings is 1. The molecule has 2 aliphatic heterocycles. The molecule has 1 fully saturated rings. The summed E-state index contributed by atoms with van der Waals surface area (Å²) in [5.74, 6) is -0.757. The fraction of sp³-hybridized carbons (Fsp3) is 0.292. The number of halogens is 2. The molecule has 0 amide bonds. The Labute approximate surface area is 203 Å². The minimum absolute atomic E-state index is 0.0282. The highest BCUT2D eigenvalue weighted by Crippen LogP contribution is 2.27. The van der Waals surface area contributed by atoms with Crippen LogP contribution in [0.15, 0.2) is 46.3 Å². The summed E-state index contributed by atoms with van der Waals surface area (Å²) in [5.41, 5.74) is 4.62. The summed E-state index contributed by atoms with van der Waals surface area (Å²) in [5, 5.41) is 6.38. The zero-order valence-electron chi connectivity index (χ0n) is 18.9. The van der Waals surface area contributed by atoms with Crippen LogP contribution in [0.2, 0.25) is 5.02 Å². The molecule has 35 heavy (non-hydrogen) atoms. The largest absolute Gasteiger partial charge is 0.339 e. The van der Waals surface area contributed by atoms with Gasteiger partial charge in [0.15, 0.2) is 0 Å². The van der Waals surface area contributed by atoms with Crippen LogP contribution < -0.4 is 22.0 Å². The minimum atomic E-state index is -0.757. The maximum Gasteiger partial charge on any atom is 0.336 e. The third-order valence-corrected chi connectivity index (χ3v) is 7.05. The van der Waals surface area contributed by atoms with Gasteiger partial charge in [0.05, 0.1) is 15.9 Å². The summed E-state index contributed by atoms with van der Waals surface area (Å²) >= 11 is 6.16. The van der Waals surface area contributed by atoms with Crippen LogP contribution in [0.5, 0.6) is 0 Å². The molecule has 5 heterocycles. The van der Waals surface area contributed by atoms with E-state index in [9.17, 15) is 14.0 Å². The molecule has 180 valence electrons. The van der Waals surface area contributed by atoms with Crippen molar-refractivity contribution in [2.45, 2.75) is 18.9 Å². The van der Waals surface area contributed by atoms with Gasteiger partial charge in [0.25, 0.3) is 5.56 Å². The van der Waals surface area contributed by atoms with E-state index in [4.69, 9.17) is 11.6 Å². The quantitative estimate of drug-likeness (QED) is 0.401. The van der Waals surface area contributed by atoms with Crippen molar-refractivity contribution < 1.29 is 4.39 Å². The average Bonchev–Trinajstić information content (AvgIpc) is 3.60. The zero-order chi connectivity index (χ0) is 24.3. The second-order valence-electron chi connectivity index (χ2n) is 8.95. The SMILES string of the molecule is Cn1c(=O)n(-c2c(F)cccc2Cl)c(=O)c2cnc3[nH]c(C4=CN(CC5CCCN5)NC4)cc3c21. The van der Waals surface area contributed by atoms with Crippen LogP contribution in [0, 0.1) is 5.82 Å². The predicted octanol–water partition coefficient (Wildman–Crippen LogP) is 2.27. The van der Waals surface area contributed by atoms with Gasteiger partial charge in [0.2, 0.25) is 0 Å². The fourth-order valence-electron chi connectivity index (χ4n) is 5.00. The Balaban J connectivity index is 1.47. The van der Waals surface area contributed by atoms with E-state index in [0.29, 0.717) is 29.1 Å². The van der Waals surface area contributed by atoms with Crippen LogP contribution in [0.3, 0.4) is 0 Å². The number of nitrogens with zero attached hydrogens (tertiary/aromatic N) is 4. The Morgan fingerprint density at radius 2 is 2.11 bits per heavy atom. The molecule has 0 aliphatic carbocycles. The van der Waals surface area contributed by atoms with E-state index in [2.05, 4.69) is 31.9 Å². The number of aromatic nitrogens is 4. The van der Waals surface area contributed by atoms with Gasteiger partial charge in [-0.3, -0.25) is 9.36 Å². The monoisotopic (exact) mass is 495 g/mol. The lowest BCUT2D eigenvalue weighted by Gasteiger charge is -2.20. The first kappa shape index (κ1) is 22.0. The molecular weight excluding hydrogens is 473 g/mol. The molecule has 0 radical (unpaired) electrons. The molecule has 1 aromatic carbocycles. The number of H-pyrrole nitrogens is 1.